The van der Waals surface area contributed by atoms with Crippen molar-refractivity contribution in [1.82, 2.24) is 4.90 Å². The van der Waals surface area contributed by atoms with Crippen molar-refractivity contribution in [2.75, 3.05) is 31.5 Å². The summed E-state index contributed by atoms with van der Waals surface area (Å²) in [6.07, 6.45) is 4.54. The fourth-order valence-electron chi connectivity index (χ4n) is 3.55. The highest BCUT2D eigenvalue weighted by atomic mass is 35.5. The summed E-state index contributed by atoms with van der Waals surface area (Å²) in [6, 6.07) is 14.9. The van der Waals surface area contributed by atoms with Crippen molar-refractivity contribution in [2.24, 2.45) is 5.92 Å². The van der Waals surface area contributed by atoms with Gasteiger partial charge in [0.25, 0.3) is 0 Å². The average Bonchev–Trinajstić information content (AvgIpc) is 2.60. The molecule has 2 aromatic carbocycles. The molecule has 142 valence electrons. The second kappa shape index (κ2) is 10.8. The summed E-state index contributed by atoms with van der Waals surface area (Å²) < 4.78 is 13.3. The molecule has 0 aliphatic carbocycles. The quantitative estimate of drug-likeness (QED) is 0.607. The van der Waals surface area contributed by atoms with Crippen LogP contribution in [0.25, 0.3) is 0 Å². The summed E-state index contributed by atoms with van der Waals surface area (Å²) in [4.78, 5) is 2.54. The Bertz CT molecular complexity index is 670. The summed E-state index contributed by atoms with van der Waals surface area (Å²) in [7, 11) is 0. The first-order valence-electron chi connectivity index (χ1n) is 9.15. The zero-order valence-electron chi connectivity index (χ0n) is 15.0. The highest BCUT2D eigenvalue weighted by Gasteiger charge is 2.19. The van der Waals surface area contributed by atoms with Crippen LogP contribution in [-0.4, -0.2) is 31.1 Å². The van der Waals surface area contributed by atoms with Crippen molar-refractivity contribution in [3.63, 3.8) is 0 Å². The van der Waals surface area contributed by atoms with Crippen LogP contribution in [0.1, 0.15) is 24.8 Å². The molecule has 1 aliphatic rings. The van der Waals surface area contributed by atoms with Crippen molar-refractivity contribution in [3.05, 3.63) is 64.9 Å². The predicted molar refractivity (Wildman–Crippen MR) is 111 cm³/mol. The number of hydrogen-bond donors (Lipinski definition) is 1. The molecule has 0 spiro atoms. The Morgan fingerprint density at radius 2 is 1.85 bits per heavy atom. The van der Waals surface area contributed by atoms with Gasteiger partial charge in [0, 0.05) is 17.3 Å². The third-order valence-corrected chi connectivity index (χ3v) is 5.16. The fraction of sp³-hybridized carbons (Fsp3) is 0.429. The number of likely N-dealkylation sites (tertiary alicyclic amines) is 1. The molecule has 1 aliphatic heterocycles. The molecule has 26 heavy (non-hydrogen) atoms. The third kappa shape index (κ3) is 6.79. The molecule has 0 atom stereocenters. The van der Waals surface area contributed by atoms with Crippen molar-refractivity contribution in [3.8, 4) is 0 Å². The van der Waals surface area contributed by atoms with E-state index >= 15 is 0 Å². The van der Waals surface area contributed by atoms with Gasteiger partial charge in [0.05, 0.1) is 0 Å². The zero-order valence-corrected chi connectivity index (χ0v) is 16.5. The van der Waals surface area contributed by atoms with Crippen LogP contribution in [0.3, 0.4) is 0 Å². The topological polar surface area (TPSA) is 15.3 Å². The van der Waals surface area contributed by atoms with Gasteiger partial charge in [0.15, 0.2) is 0 Å². The van der Waals surface area contributed by atoms with Gasteiger partial charge >= 0.3 is 0 Å². The second-order valence-corrected chi connectivity index (χ2v) is 7.35. The van der Waals surface area contributed by atoms with E-state index in [0.717, 1.165) is 55.3 Å². The van der Waals surface area contributed by atoms with Crippen LogP contribution < -0.4 is 5.32 Å². The van der Waals surface area contributed by atoms with E-state index in [1.54, 1.807) is 6.07 Å². The number of halogens is 3. The van der Waals surface area contributed by atoms with Crippen LogP contribution in [0.15, 0.2) is 48.5 Å². The van der Waals surface area contributed by atoms with Gasteiger partial charge in [0.2, 0.25) is 0 Å². The number of piperidine rings is 1. The highest BCUT2D eigenvalue weighted by Crippen LogP contribution is 2.22. The van der Waals surface area contributed by atoms with Gasteiger partial charge in [-0.05, 0) is 87.1 Å². The van der Waals surface area contributed by atoms with Crippen molar-refractivity contribution in [1.29, 1.82) is 0 Å². The SMILES string of the molecule is Cl.Fc1cccc(CC2CCN(CCCNc3cccc(Cl)c3)CC2)c1. The minimum Gasteiger partial charge on any atom is -0.385 e. The van der Waals surface area contributed by atoms with E-state index in [1.165, 1.54) is 18.9 Å². The molecule has 1 heterocycles. The number of rotatable bonds is 7. The highest BCUT2D eigenvalue weighted by molar-refractivity contribution is 6.30. The van der Waals surface area contributed by atoms with Gasteiger partial charge < -0.3 is 10.2 Å². The first kappa shape index (κ1) is 21.0. The lowest BCUT2D eigenvalue weighted by Gasteiger charge is -2.32. The lowest BCUT2D eigenvalue weighted by Crippen LogP contribution is -2.35. The van der Waals surface area contributed by atoms with Crippen LogP contribution in [0.5, 0.6) is 0 Å². The molecular formula is C21H27Cl2FN2. The van der Waals surface area contributed by atoms with Crippen LogP contribution >= 0.6 is 24.0 Å². The summed E-state index contributed by atoms with van der Waals surface area (Å²) in [5, 5.41) is 4.19. The molecule has 1 N–H and O–H groups in total. The molecule has 0 amide bonds. The molecule has 0 unspecified atom stereocenters. The maximum atomic E-state index is 13.3. The summed E-state index contributed by atoms with van der Waals surface area (Å²) in [6.45, 7) is 4.39. The number of nitrogens with zero attached hydrogens (tertiary/aromatic N) is 1. The number of anilines is 1. The molecule has 0 saturated carbocycles. The summed E-state index contributed by atoms with van der Waals surface area (Å²) >= 11 is 5.99. The normalized spacial score (nSPS) is 15.5. The molecular weight excluding hydrogens is 370 g/mol. The lowest BCUT2D eigenvalue weighted by atomic mass is 9.90. The molecule has 2 nitrogen and oxygen atoms in total. The predicted octanol–water partition coefficient (Wildman–Crippen LogP) is 5.66. The fourth-order valence-corrected chi connectivity index (χ4v) is 3.74. The first-order valence-corrected chi connectivity index (χ1v) is 9.53. The van der Waals surface area contributed by atoms with E-state index < -0.39 is 0 Å². The Kier molecular flexibility index (Phi) is 8.70. The van der Waals surface area contributed by atoms with Crippen LogP contribution in [0.4, 0.5) is 10.1 Å². The minimum atomic E-state index is -0.123. The molecule has 2 aromatic rings. The summed E-state index contributed by atoms with van der Waals surface area (Å²) in [5.74, 6) is 0.560. The average molecular weight is 397 g/mol. The molecule has 0 radical (unpaired) electrons. The Morgan fingerprint density at radius 1 is 1.08 bits per heavy atom. The molecule has 0 aromatic heterocycles. The van der Waals surface area contributed by atoms with E-state index in [2.05, 4.69) is 10.2 Å². The largest absolute Gasteiger partial charge is 0.385 e. The minimum absolute atomic E-state index is 0. The van der Waals surface area contributed by atoms with Crippen molar-refractivity contribution < 1.29 is 4.39 Å². The number of hydrogen-bond acceptors (Lipinski definition) is 2. The Morgan fingerprint density at radius 3 is 2.58 bits per heavy atom. The lowest BCUT2D eigenvalue weighted by molar-refractivity contribution is 0.183. The third-order valence-electron chi connectivity index (χ3n) is 4.93. The van der Waals surface area contributed by atoms with Gasteiger partial charge in [0.1, 0.15) is 5.82 Å². The van der Waals surface area contributed by atoms with Crippen molar-refractivity contribution >= 4 is 29.7 Å². The molecule has 1 saturated heterocycles. The van der Waals surface area contributed by atoms with Crippen LogP contribution in [0, 0.1) is 11.7 Å². The standard InChI is InChI=1S/C21H26ClFN2.ClH/c22-19-5-2-7-21(16-19)24-10-3-11-25-12-8-17(9-13-25)14-18-4-1-6-20(23)15-18;/h1-2,4-7,15-17,24H,3,8-14H2;1H. The van der Waals surface area contributed by atoms with Gasteiger partial charge in [-0.25, -0.2) is 4.39 Å². The first-order chi connectivity index (χ1) is 12.2. The number of benzene rings is 2. The second-order valence-electron chi connectivity index (χ2n) is 6.91. The van der Waals surface area contributed by atoms with Crippen LogP contribution in [0.2, 0.25) is 5.02 Å². The molecule has 3 rings (SSSR count). The maximum absolute atomic E-state index is 13.3. The molecule has 0 bridgehead atoms. The zero-order chi connectivity index (χ0) is 17.5. The van der Waals surface area contributed by atoms with E-state index in [1.807, 2.05) is 36.4 Å². The van der Waals surface area contributed by atoms with E-state index in [9.17, 15) is 4.39 Å². The van der Waals surface area contributed by atoms with Gasteiger partial charge in [-0.2, -0.15) is 0 Å². The molecule has 5 heteroatoms. The molecule has 1 fully saturated rings. The smallest absolute Gasteiger partial charge is 0.123 e. The summed E-state index contributed by atoms with van der Waals surface area (Å²) in [5.41, 5.74) is 2.21. The van der Waals surface area contributed by atoms with Crippen LogP contribution in [-0.2, 0) is 6.42 Å². The number of nitrogens with one attached hydrogen (secondary N) is 1. The maximum Gasteiger partial charge on any atom is 0.123 e. The van der Waals surface area contributed by atoms with Gasteiger partial charge in [-0.15, -0.1) is 12.4 Å². The van der Waals surface area contributed by atoms with E-state index in [4.69, 9.17) is 11.6 Å². The Labute approximate surface area is 167 Å². The van der Waals surface area contributed by atoms with Gasteiger partial charge in [-0.1, -0.05) is 29.8 Å². The Balaban J connectivity index is 0.00000243. The van der Waals surface area contributed by atoms with Crippen molar-refractivity contribution in [2.45, 2.75) is 25.7 Å². The monoisotopic (exact) mass is 396 g/mol. The van der Waals surface area contributed by atoms with Gasteiger partial charge in [-0.3, -0.25) is 0 Å². The Hall–Kier alpha value is -1.29. The van der Waals surface area contributed by atoms with E-state index in [-0.39, 0.29) is 18.2 Å². The van der Waals surface area contributed by atoms with E-state index in [0.29, 0.717) is 5.92 Å².